The molecule has 0 bridgehead atoms. The molecule has 4 nitrogen and oxygen atoms in total. The van der Waals surface area contributed by atoms with Gasteiger partial charge >= 0.3 is 0 Å². The molecular formula is C17H24N2O2. The van der Waals surface area contributed by atoms with E-state index in [1.165, 1.54) is 32.1 Å². The van der Waals surface area contributed by atoms with E-state index in [1.54, 1.807) is 17.0 Å². The average molecular weight is 288 g/mol. The lowest BCUT2D eigenvalue weighted by Gasteiger charge is -2.39. The number of rotatable bonds is 3. The Morgan fingerprint density at radius 1 is 1.10 bits per heavy atom. The molecule has 4 heteroatoms. The second kappa shape index (κ2) is 6.48. The number of carbonyl (C=O) groups is 1. The third kappa shape index (κ3) is 3.21. The molecule has 3 rings (SSSR count). The molecule has 0 unspecified atom stereocenters. The fraction of sp³-hybridized carbons (Fsp3) is 0.588. The lowest BCUT2D eigenvalue weighted by molar-refractivity contribution is -0.927. The van der Waals surface area contributed by atoms with Crippen molar-refractivity contribution in [3.8, 4) is 0 Å². The van der Waals surface area contributed by atoms with Crippen LogP contribution in [0.25, 0.3) is 0 Å². The SMILES string of the molecule is O=C([O-])c1ccccc1N1CC[NH+](C2CCCCC2)CC1. The molecule has 0 aromatic heterocycles. The highest BCUT2D eigenvalue weighted by molar-refractivity contribution is 5.93. The number of quaternary nitrogens is 1. The van der Waals surface area contributed by atoms with Crippen LogP contribution in [0.15, 0.2) is 24.3 Å². The smallest absolute Gasteiger partial charge is 0.0951 e. The number of anilines is 1. The Morgan fingerprint density at radius 3 is 2.43 bits per heavy atom. The standard InChI is InChI=1S/C17H24N2O2/c20-17(21)15-8-4-5-9-16(15)19-12-10-18(11-13-19)14-6-2-1-3-7-14/h4-5,8-9,14H,1-3,6-7,10-13H2,(H,20,21). The molecule has 0 atom stereocenters. The van der Waals surface area contributed by atoms with Crippen LogP contribution in [0.1, 0.15) is 42.5 Å². The number of carboxylic acid groups (broad SMARTS) is 1. The summed E-state index contributed by atoms with van der Waals surface area (Å²) < 4.78 is 0. The molecular weight excluding hydrogens is 264 g/mol. The lowest BCUT2D eigenvalue weighted by atomic mass is 9.94. The number of hydrogen-bond donors (Lipinski definition) is 1. The third-order valence-corrected chi connectivity index (χ3v) is 5.05. The first kappa shape index (κ1) is 14.4. The topological polar surface area (TPSA) is 47.8 Å². The van der Waals surface area contributed by atoms with Crippen LogP contribution in [-0.2, 0) is 0 Å². The molecule has 0 spiro atoms. The van der Waals surface area contributed by atoms with Crippen molar-refractivity contribution in [3.05, 3.63) is 29.8 Å². The quantitative estimate of drug-likeness (QED) is 0.857. The minimum Gasteiger partial charge on any atom is -0.545 e. The van der Waals surface area contributed by atoms with E-state index in [0.717, 1.165) is 37.9 Å². The van der Waals surface area contributed by atoms with Crippen LogP contribution in [0.3, 0.4) is 0 Å². The first-order chi connectivity index (χ1) is 10.3. The van der Waals surface area contributed by atoms with Crippen molar-refractivity contribution < 1.29 is 14.8 Å². The van der Waals surface area contributed by atoms with E-state index in [-0.39, 0.29) is 0 Å². The van der Waals surface area contributed by atoms with E-state index in [4.69, 9.17) is 0 Å². The molecule has 1 saturated carbocycles. The van der Waals surface area contributed by atoms with Crippen LogP contribution in [-0.4, -0.2) is 38.2 Å². The summed E-state index contributed by atoms with van der Waals surface area (Å²) in [5.41, 5.74) is 1.14. The zero-order valence-electron chi connectivity index (χ0n) is 12.5. The minimum atomic E-state index is -1.08. The summed E-state index contributed by atoms with van der Waals surface area (Å²) in [5.74, 6) is -1.08. The molecule has 1 aliphatic heterocycles. The summed E-state index contributed by atoms with van der Waals surface area (Å²) in [6, 6.07) is 8.04. The van der Waals surface area contributed by atoms with Gasteiger partial charge in [-0.1, -0.05) is 24.6 Å². The van der Waals surface area contributed by atoms with E-state index in [2.05, 4.69) is 4.90 Å². The van der Waals surface area contributed by atoms with Gasteiger partial charge in [-0.05, 0) is 31.7 Å². The van der Waals surface area contributed by atoms with Crippen molar-refractivity contribution in [1.82, 2.24) is 0 Å². The monoisotopic (exact) mass is 288 g/mol. The van der Waals surface area contributed by atoms with Gasteiger partial charge in [0.2, 0.25) is 0 Å². The second-order valence-electron chi connectivity index (χ2n) is 6.28. The number of nitrogens with zero attached hydrogens (tertiary/aromatic N) is 1. The van der Waals surface area contributed by atoms with Gasteiger partial charge in [0, 0.05) is 11.3 Å². The van der Waals surface area contributed by atoms with Crippen molar-refractivity contribution >= 4 is 11.7 Å². The Kier molecular flexibility index (Phi) is 4.44. The first-order valence-electron chi connectivity index (χ1n) is 8.15. The molecule has 21 heavy (non-hydrogen) atoms. The van der Waals surface area contributed by atoms with Crippen molar-refractivity contribution in [1.29, 1.82) is 0 Å². The predicted molar refractivity (Wildman–Crippen MR) is 80.6 cm³/mol. The molecule has 1 aromatic rings. The number of benzene rings is 1. The summed E-state index contributed by atoms with van der Waals surface area (Å²) >= 11 is 0. The van der Waals surface area contributed by atoms with Gasteiger partial charge in [0.1, 0.15) is 0 Å². The largest absolute Gasteiger partial charge is 0.545 e. The maximum Gasteiger partial charge on any atom is 0.0951 e. The highest BCUT2D eigenvalue weighted by Crippen LogP contribution is 2.20. The maximum atomic E-state index is 11.2. The Morgan fingerprint density at radius 2 is 1.76 bits per heavy atom. The molecule has 2 aliphatic rings. The van der Waals surface area contributed by atoms with Crippen molar-refractivity contribution in [2.45, 2.75) is 38.1 Å². The molecule has 1 saturated heterocycles. The van der Waals surface area contributed by atoms with Crippen LogP contribution in [0.4, 0.5) is 5.69 Å². The van der Waals surface area contributed by atoms with Crippen LogP contribution >= 0.6 is 0 Å². The van der Waals surface area contributed by atoms with Crippen molar-refractivity contribution in [2.75, 3.05) is 31.1 Å². The maximum absolute atomic E-state index is 11.2. The predicted octanol–water partition coefficient (Wildman–Crippen LogP) is 0.0877. The van der Waals surface area contributed by atoms with E-state index >= 15 is 0 Å². The molecule has 114 valence electrons. The number of nitrogens with one attached hydrogen (secondary N) is 1. The Labute approximate surface area is 126 Å². The molecule has 1 aliphatic carbocycles. The molecule has 1 N–H and O–H groups in total. The number of aromatic carboxylic acids is 1. The normalized spacial score (nSPS) is 21.4. The number of carbonyl (C=O) groups excluding carboxylic acids is 1. The van der Waals surface area contributed by atoms with Gasteiger partial charge in [0.15, 0.2) is 0 Å². The summed E-state index contributed by atoms with van der Waals surface area (Å²) in [5, 5.41) is 11.2. The van der Waals surface area contributed by atoms with Crippen LogP contribution in [0.5, 0.6) is 0 Å². The van der Waals surface area contributed by atoms with Gasteiger partial charge < -0.3 is 19.7 Å². The Bertz CT molecular complexity index is 489. The summed E-state index contributed by atoms with van der Waals surface area (Å²) in [6.45, 7) is 4.12. The van der Waals surface area contributed by atoms with Crippen molar-refractivity contribution in [3.63, 3.8) is 0 Å². The van der Waals surface area contributed by atoms with Crippen molar-refractivity contribution in [2.24, 2.45) is 0 Å². The molecule has 0 radical (unpaired) electrons. The zero-order valence-corrected chi connectivity index (χ0v) is 12.5. The van der Waals surface area contributed by atoms with E-state index in [1.807, 2.05) is 12.1 Å². The van der Waals surface area contributed by atoms with Gasteiger partial charge in [-0.3, -0.25) is 0 Å². The van der Waals surface area contributed by atoms with Crippen LogP contribution in [0.2, 0.25) is 0 Å². The van der Waals surface area contributed by atoms with Gasteiger partial charge in [0.25, 0.3) is 0 Å². The van der Waals surface area contributed by atoms with E-state index in [9.17, 15) is 9.90 Å². The van der Waals surface area contributed by atoms with Crippen LogP contribution in [0, 0.1) is 0 Å². The third-order valence-electron chi connectivity index (χ3n) is 5.05. The van der Waals surface area contributed by atoms with E-state index < -0.39 is 5.97 Å². The second-order valence-corrected chi connectivity index (χ2v) is 6.28. The number of hydrogen-bond acceptors (Lipinski definition) is 3. The fourth-order valence-electron chi connectivity index (χ4n) is 3.88. The highest BCUT2D eigenvalue weighted by Gasteiger charge is 2.29. The van der Waals surface area contributed by atoms with Gasteiger partial charge in [-0.25, -0.2) is 0 Å². The summed E-state index contributed by atoms with van der Waals surface area (Å²) in [4.78, 5) is 15.2. The minimum absolute atomic E-state index is 0.318. The number of carboxylic acids is 1. The van der Waals surface area contributed by atoms with Crippen LogP contribution < -0.4 is 14.9 Å². The molecule has 2 fully saturated rings. The van der Waals surface area contributed by atoms with Gasteiger partial charge in [-0.2, -0.15) is 0 Å². The van der Waals surface area contributed by atoms with E-state index in [0.29, 0.717) is 5.56 Å². The molecule has 0 amide bonds. The fourth-order valence-corrected chi connectivity index (χ4v) is 3.88. The van der Waals surface area contributed by atoms with Gasteiger partial charge in [-0.15, -0.1) is 0 Å². The first-order valence-corrected chi connectivity index (χ1v) is 8.15. The molecule has 1 aromatic carbocycles. The zero-order chi connectivity index (χ0) is 14.7. The highest BCUT2D eigenvalue weighted by atomic mass is 16.4. The van der Waals surface area contributed by atoms with Gasteiger partial charge in [0.05, 0.1) is 38.2 Å². The summed E-state index contributed by atoms with van der Waals surface area (Å²) in [6.07, 6.45) is 6.89. The number of piperazine rings is 1. The molecule has 1 heterocycles. The number of para-hydroxylation sites is 1. The Hall–Kier alpha value is -1.55. The average Bonchev–Trinajstić information content (AvgIpc) is 2.56. The lowest BCUT2D eigenvalue weighted by Crippen LogP contribution is -3.18. The summed E-state index contributed by atoms with van der Waals surface area (Å²) in [7, 11) is 0. The Balaban J connectivity index is 1.64.